The Morgan fingerprint density at radius 3 is 2.40 bits per heavy atom. The number of imidazole rings is 1. The van der Waals surface area contributed by atoms with Crippen LogP contribution in [0.4, 0.5) is 5.82 Å². The van der Waals surface area contributed by atoms with Gasteiger partial charge in [0.15, 0.2) is 0 Å². The molecule has 0 radical (unpaired) electrons. The second-order valence-electron chi connectivity index (χ2n) is 6.74. The van der Waals surface area contributed by atoms with Crippen LogP contribution in [0.2, 0.25) is 0 Å². The van der Waals surface area contributed by atoms with Gasteiger partial charge in [-0.1, -0.05) is 30.3 Å². The number of aromatic nitrogens is 2. The van der Waals surface area contributed by atoms with Crippen LogP contribution in [0.25, 0.3) is 0 Å². The Labute approximate surface area is 120 Å². The minimum atomic E-state index is -0.00998. The van der Waals surface area contributed by atoms with Crippen LogP contribution in [0.5, 0.6) is 0 Å². The lowest BCUT2D eigenvalue weighted by atomic mass is 10.1. The van der Waals surface area contributed by atoms with E-state index in [1.54, 1.807) is 0 Å². The van der Waals surface area contributed by atoms with E-state index in [9.17, 15) is 0 Å². The number of anilines is 1. The Morgan fingerprint density at radius 1 is 1.20 bits per heavy atom. The van der Waals surface area contributed by atoms with E-state index in [0.29, 0.717) is 5.92 Å². The van der Waals surface area contributed by atoms with Gasteiger partial charge >= 0.3 is 0 Å². The topological polar surface area (TPSA) is 43.8 Å². The molecule has 20 heavy (non-hydrogen) atoms. The number of rotatable bonds is 3. The molecule has 1 saturated carbocycles. The van der Waals surface area contributed by atoms with E-state index in [1.807, 2.05) is 6.07 Å². The van der Waals surface area contributed by atoms with Gasteiger partial charge in [-0.05, 0) is 39.2 Å². The summed E-state index contributed by atoms with van der Waals surface area (Å²) in [5, 5.41) is 0. The van der Waals surface area contributed by atoms with Crippen molar-refractivity contribution in [2.75, 3.05) is 5.73 Å². The Kier molecular flexibility index (Phi) is 3.08. The predicted octanol–water partition coefficient (Wildman–Crippen LogP) is 3.69. The second kappa shape index (κ2) is 4.65. The van der Waals surface area contributed by atoms with Crippen molar-refractivity contribution in [1.29, 1.82) is 0 Å². The van der Waals surface area contributed by atoms with Crippen molar-refractivity contribution in [3.63, 3.8) is 0 Å². The molecule has 0 amide bonds. The van der Waals surface area contributed by atoms with Gasteiger partial charge in [0.1, 0.15) is 11.6 Å². The van der Waals surface area contributed by atoms with Gasteiger partial charge in [0.2, 0.25) is 0 Å². The van der Waals surface area contributed by atoms with Crippen LogP contribution < -0.4 is 5.73 Å². The first kappa shape index (κ1) is 13.2. The first-order valence-corrected chi connectivity index (χ1v) is 7.38. The summed E-state index contributed by atoms with van der Waals surface area (Å²) in [5.41, 5.74) is 8.68. The maximum Gasteiger partial charge on any atom is 0.127 e. The van der Waals surface area contributed by atoms with Crippen LogP contribution in [0, 0.1) is 0 Å². The Balaban J connectivity index is 2.00. The van der Waals surface area contributed by atoms with Gasteiger partial charge in [0.25, 0.3) is 0 Å². The van der Waals surface area contributed by atoms with E-state index < -0.39 is 0 Å². The van der Waals surface area contributed by atoms with E-state index >= 15 is 0 Å². The second-order valence-corrected chi connectivity index (χ2v) is 6.74. The van der Waals surface area contributed by atoms with Gasteiger partial charge in [-0.2, -0.15) is 0 Å². The van der Waals surface area contributed by atoms with Gasteiger partial charge in [-0.15, -0.1) is 0 Å². The van der Waals surface area contributed by atoms with Crippen molar-refractivity contribution in [3.8, 4) is 0 Å². The molecule has 1 aliphatic rings. The molecule has 2 N–H and O–H groups in total. The molecule has 1 heterocycles. The quantitative estimate of drug-likeness (QED) is 0.923. The molecule has 0 saturated heterocycles. The van der Waals surface area contributed by atoms with E-state index in [0.717, 1.165) is 17.9 Å². The number of nitrogen functional groups attached to an aromatic ring is 1. The van der Waals surface area contributed by atoms with Crippen molar-refractivity contribution in [2.45, 2.75) is 51.5 Å². The molecular formula is C17H23N3. The van der Waals surface area contributed by atoms with Crippen molar-refractivity contribution in [2.24, 2.45) is 0 Å². The standard InChI is InChI=1S/C17H23N3/c1-17(2,3)20-15(18)14(19-16(20)13-9-10-13)11-12-7-5-4-6-8-12/h4-8,13H,9-11,18H2,1-3H3. The fraction of sp³-hybridized carbons (Fsp3) is 0.471. The van der Waals surface area contributed by atoms with Crippen molar-refractivity contribution >= 4 is 5.82 Å². The highest BCUT2D eigenvalue weighted by molar-refractivity contribution is 5.43. The van der Waals surface area contributed by atoms with Crippen LogP contribution in [-0.2, 0) is 12.0 Å². The van der Waals surface area contributed by atoms with Crippen LogP contribution in [0.1, 0.15) is 56.6 Å². The van der Waals surface area contributed by atoms with Gasteiger partial charge < -0.3 is 10.3 Å². The monoisotopic (exact) mass is 269 g/mol. The highest BCUT2D eigenvalue weighted by Crippen LogP contribution is 2.42. The zero-order valence-corrected chi connectivity index (χ0v) is 12.6. The third-order valence-corrected chi connectivity index (χ3v) is 3.84. The summed E-state index contributed by atoms with van der Waals surface area (Å²) in [6.07, 6.45) is 3.31. The minimum absolute atomic E-state index is 0.00998. The SMILES string of the molecule is CC(C)(C)n1c(C2CC2)nc(Cc2ccccc2)c1N. The average Bonchev–Trinajstić information content (AvgIpc) is 3.16. The molecule has 0 aliphatic heterocycles. The molecule has 0 unspecified atom stereocenters. The number of nitrogens with zero attached hydrogens (tertiary/aromatic N) is 2. The van der Waals surface area contributed by atoms with E-state index in [4.69, 9.17) is 10.7 Å². The lowest BCUT2D eigenvalue weighted by Gasteiger charge is -2.25. The normalized spacial score (nSPS) is 15.6. The zero-order valence-electron chi connectivity index (χ0n) is 12.6. The maximum atomic E-state index is 6.40. The molecule has 1 aromatic carbocycles. The van der Waals surface area contributed by atoms with Crippen LogP contribution in [0.15, 0.2) is 30.3 Å². The summed E-state index contributed by atoms with van der Waals surface area (Å²) in [7, 11) is 0. The summed E-state index contributed by atoms with van der Waals surface area (Å²) < 4.78 is 2.24. The molecular weight excluding hydrogens is 246 g/mol. The molecule has 1 fully saturated rings. The Morgan fingerprint density at radius 2 is 1.85 bits per heavy atom. The number of nitrogens with two attached hydrogens (primary N) is 1. The van der Waals surface area contributed by atoms with Crippen molar-refractivity contribution < 1.29 is 0 Å². The Hall–Kier alpha value is -1.77. The van der Waals surface area contributed by atoms with Gasteiger partial charge in [-0.25, -0.2) is 4.98 Å². The summed E-state index contributed by atoms with van der Waals surface area (Å²) in [6, 6.07) is 10.4. The van der Waals surface area contributed by atoms with Gasteiger partial charge in [-0.3, -0.25) is 0 Å². The lowest BCUT2D eigenvalue weighted by molar-refractivity contribution is 0.388. The first-order valence-electron chi connectivity index (χ1n) is 7.38. The fourth-order valence-electron chi connectivity index (χ4n) is 2.74. The minimum Gasteiger partial charge on any atom is -0.384 e. The summed E-state index contributed by atoms with van der Waals surface area (Å²) in [4.78, 5) is 4.87. The Bertz CT molecular complexity index is 601. The predicted molar refractivity (Wildman–Crippen MR) is 82.9 cm³/mol. The lowest BCUT2D eigenvalue weighted by Crippen LogP contribution is -2.25. The van der Waals surface area contributed by atoms with Crippen molar-refractivity contribution in [3.05, 3.63) is 47.4 Å². The average molecular weight is 269 g/mol. The third-order valence-electron chi connectivity index (χ3n) is 3.84. The molecule has 1 aromatic heterocycles. The molecule has 1 aliphatic carbocycles. The fourth-order valence-corrected chi connectivity index (χ4v) is 2.74. The molecule has 0 spiro atoms. The van der Waals surface area contributed by atoms with E-state index in [1.165, 1.54) is 24.2 Å². The van der Waals surface area contributed by atoms with Crippen LogP contribution >= 0.6 is 0 Å². The number of benzene rings is 1. The molecule has 0 bridgehead atoms. The summed E-state index contributed by atoms with van der Waals surface area (Å²) in [5.74, 6) is 2.63. The summed E-state index contributed by atoms with van der Waals surface area (Å²) in [6.45, 7) is 6.59. The molecule has 3 nitrogen and oxygen atoms in total. The molecule has 2 aromatic rings. The molecule has 106 valence electrons. The number of hydrogen-bond donors (Lipinski definition) is 1. The largest absolute Gasteiger partial charge is 0.384 e. The smallest absolute Gasteiger partial charge is 0.127 e. The van der Waals surface area contributed by atoms with Crippen LogP contribution in [-0.4, -0.2) is 9.55 Å². The highest BCUT2D eigenvalue weighted by Gasteiger charge is 2.34. The van der Waals surface area contributed by atoms with Crippen LogP contribution in [0.3, 0.4) is 0 Å². The molecule has 3 rings (SSSR count). The third kappa shape index (κ3) is 2.45. The van der Waals surface area contributed by atoms with Gasteiger partial charge in [0, 0.05) is 17.9 Å². The zero-order chi connectivity index (χ0) is 14.3. The number of hydrogen-bond acceptors (Lipinski definition) is 2. The highest BCUT2D eigenvalue weighted by atomic mass is 15.2. The van der Waals surface area contributed by atoms with E-state index in [2.05, 4.69) is 49.6 Å². The first-order chi connectivity index (χ1) is 9.47. The summed E-state index contributed by atoms with van der Waals surface area (Å²) >= 11 is 0. The molecule has 3 heteroatoms. The van der Waals surface area contributed by atoms with E-state index in [-0.39, 0.29) is 5.54 Å². The van der Waals surface area contributed by atoms with Crippen molar-refractivity contribution in [1.82, 2.24) is 9.55 Å². The maximum absolute atomic E-state index is 6.40. The molecule has 0 atom stereocenters. The van der Waals surface area contributed by atoms with Gasteiger partial charge in [0.05, 0.1) is 5.69 Å².